The lowest BCUT2D eigenvalue weighted by atomic mass is 10.0. The lowest BCUT2D eigenvalue weighted by molar-refractivity contribution is -0.142. The zero-order valence-corrected chi connectivity index (χ0v) is 13.7. The molecule has 6 nitrogen and oxygen atoms in total. The lowest BCUT2D eigenvalue weighted by Gasteiger charge is -2.21. The van der Waals surface area contributed by atoms with E-state index in [1.165, 1.54) is 6.92 Å². The van der Waals surface area contributed by atoms with Crippen molar-refractivity contribution in [1.82, 2.24) is 10.6 Å². The van der Waals surface area contributed by atoms with Crippen LogP contribution in [0.4, 0.5) is 0 Å². The fourth-order valence-electron chi connectivity index (χ4n) is 2.31. The summed E-state index contributed by atoms with van der Waals surface area (Å²) in [6.45, 7) is 5.17. The zero-order valence-electron chi connectivity index (χ0n) is 13.7. The summed E-state index contributed by atoms with van der Waals surface area (Å²) < 4.78 is 0. The molecule has 0 saturated carbocycles. The standard InChI is InChI=1S/C17H24N2O4/c1-11(2)9-15(17(22)23)19-16(21)10-14(18-12(3)20)13-7-5-4-6-8-13/h4-8,11,14-15H,9-10H2,1-3H3,(H,18,20)(H,19,21)(H,22,23). The van der Waals surface area contributed by atoms with Gasteiger partial charge in [0.15, 0.2) is 0 Å². The van der Waals surface area contributed by atoms with Crippen molar-refractivity contribution in [3.8, 4) is 0 Å². The summed E-state index contributed by atoms with van der Waals surface area (Å²) in [5.41, 5.74) is 0.800. The maximum atomic E-state index is 12.2. The number of aliphatic carboxylic acids is 1. The first-order valence-electron chi connectivity index (χ1n) is 7.63. The quantitative estimate of drug-likeness (QED) is 0.681. The number of nitrogens with one attached hydrogen (secondary N) is 2. The van der Waals surface area contributed by atoms with Gasteiger partial charge in [-0.3, -0.25) is 9.59 Å². The van der Waals surface area contributed by atoms with Gasteiger partial charge in [-0.15, -0.1) is 0 Å². The lowest BCUT2D eigenvalue weighted by Crippen LogP contribution is -2.43. The Morgan fingerprint density at radius 2 is 1.70 bits per heavy atom. The molecule has 2 unspecified atom stereocenters. The van der Waals surface area contributed by atoms with E-state index >= 15 is 0 Å². The second-order valence-electron chi connectivity index (χ2n) is 5.96. The molecule has 0 saturated heterocycles. The maximum Gasteiger partial charge on any atom is 0.326 e. The summed E-state index contributed by atoms with van der Waals surface area (Å²) in [5, 5.41) is 14.4. The van der Waals surface area contributed by atoms with Crippen LogP contribution in [0.5, 0.6) is 0 Å². The molecule has 1 rings (SSSR count). The van der Waals surface area contributed by atoms with Gasteiger partial charge in [0.2, 0.25) is 11.8 Å². The van der Waals surface area contributed by atoms with Crippen LogP contribution < -0.4 is 10.6 Å². The summed E-state index contributed by atoms with van der Waals surface area (Å²) in [5.74, 6) is -1.55. The highest BCUT2D eigenvalue weighted by molar-refractivity contribution is 5.84. The van der Waals surface area contributed by atoms with Gasteiger partial charge in [0.1, 0.15) is 6.04 Å². The van der Waals surface area contributed by atoms with Crippen LogP contribution in [0.3, 0.4) is 0 Å². The van der Waals surface area contributed by atoms with Crippen LogP contribution in [0.25, 0.3) is 0 Å². The monoisotopic (exact) mass is 320 g/mol. The molecule has 0 heterocycles. The number of amides is 2. The predicted octanol–water partition coefficient (Wildman–Crippen LogP) is 1.87. The van der Waals surface area contributed by atoms with Crippen LogP contribution in [0, 0.1) is 5.92 Å². The largest absolute Gasteiger partial charge is 0.480 e. The van der Waals surface area contributed by atoms with E-state index in [1.54, 1.807) is 0 Å². The molecule has 0 fully saturated rings. The second kappa shape index (κ2) is 8.92. The number of carboxylic acids is 1. The third-order valence-electron chi connectivity index (χ3n) is 3.31. The molecule has 0 radical (unpaired) electrons. The van der Waals surface area contributed by atoms with Gasteiger partial charge in [-0.2, -0.15) is 0 Å². The first kappa shape index (κ1) is 18.7. The van der Waals surface area contributed by atoms with E-state index in [0.717, 1.165) is 5.56 Å². The first-order chi connectivity index (χ1) is 10.8. The fraction of sp³-hybridized carbons (Fsp3) is 0.471. The van der Waals surface area contributed by atoms with E-state index in [-0.39, 0.29) is 18.2 Å². The van der Waals surface area contributed by atoms with Crippen LogP contribution in [-0.2, 0) is 14.4 Å². The topological polar surface area (TPSA) is 95.5 Å². The molecule has 6 heteroatoms. The molecule has 126 valence electrons. The van der Waals surface area contributed by atoms with Crippen molar-refractivity contribution in [3.63, 3.8) is 0 Å². The van der Waals surface area contributed by atoms with Gasteiger partial charge in [-0.05, 0) is 17.9 Å². The Morgan fingerprint density at radius 1 is 1.09 bits per heavy atom. The molecule has 0 bridgehead atoms. The van der Waals surface area contributed by atoms with E-state index < -0.39 is 24.0 Å². The SMILES string of the molecule is CC(=O)NC(CC(=O)NC(CC(C)C)C(=O)O)c1ccccc1. The van der Waals surface area contributed by atoms with Crippen molar-refractivity contribution in [1.29, 1.82) is 0 Å². The summed E-state index contributed by atoms with van der Waals surface area (Å²) in [6.07, 6.45) is 0.350. The molecule has 0 aliphatic carbocycles. The Hall–Kier alpha value is -2.37. The minimum atomic E-state index is -1.05. The average Bonchev–Trinajstić information content (AvgIpc) is 2.45. The Balaban J connectivity index is 2.76. The normalized spacial score (nSPS) is 13.2. The van der Waals surface area contributed by atoms with Crippen LogP contribution in [-0.4, -0.2) is 28.9 Å². The molecular weight excluding hydrogens is 296 g/mol. The summed E-state index contributed by atoms with van der Waals surface area (Å²) in [6, 6.07) is 7.71. The fourth-order valence-corrected chi connectivity index (χ4v) is 2.31. The molecule has 0 spiro atoms. The van der Waals surface area contributed by atoms with Crippen molar-refractivity contribution in [2.75, 3.05) is 0 Å². The second-order valence-corrected chi connectivity index (χ2v) is 5.96. The number of carbonyl (C=O) groups is 3. The van der Waals surface area contributed by atoms with E-state index in [9.17, 15) is 19.5 Å². The van der Waals surface area contributed by atoms with Gasteiger partial charge in [-0.25, -0.2) is 4.79 Å². The van der Waals surface area contributed by atoms with E-state index in [4.69, 9.17) is 0 Å². The van der Waals surface area contributed by atoms with Gasteiger partial charge in [0, 0.05) is 6.92 Å². The Bertz CT molecular complexity index is 543. The molecular formula is C17H24N2O4. The van der Waals surface area contributed by atoms with Gasteiger partial charge >= 0.3 is 5.97 Å². The smallest absolute Gasteiger partial charge is 0.326 e. The zero-order chi connectivity index (χ0) is 17.4. The molecule has 23 heavy (non-hydrogen) atoms. The van der Waals surface area contributed by atoms with Gasteiger partial charge in [-0.1, -0.05) is 44.2 Å². The van der Waals surface area contributed by atoms with Crippen LogP contribution in [0.15, 0.2) is 30.3 Å². The average molecular weight is 320 g/mol. The Kier molecular flexibility index (Phi) is 7.25. The van der Waals surface area contributed by atoms with Crippen molar-refractivity contribution in [2.24, 2.45) is 5.92 Å². The van der Waals surface area contributed by atoms with Crippen LogP contribution in [0.1, 0.15) is 45.2 Å². The van der Waals surface area contributed by atoms with E-state index in [0.29, 0.717) is 6.42 Å². The number of hydrogen-bond acceptors (Lipinski definition) is 3. The number of carbonyl (C=O) groups excluding carboxylic acids is 2. The molecule has 3 N–H and O–H groups in total. The first-order valence-corrected chi connectivity index (χ1v) is 7.63. The van der Waals surface area contributed by atoms with Crippen molar-refractivity contribution >= 4 is 17.8 Å². The van der Waals surface area contributed by atoms with Crippen molar-refractivity contribution < 1.29 is 19.5 Å². The maximum absolute atomic E-state index is 12.2. The molecule has 0 aromatic heterocycles. The van der Waals surface area contributed by atoms with E-state index in [1.807, 2.05) is 44.2 Å². The number of rotatable bonds is 8. The Labute approximate surface area is 136 Å². The summed E-state index contributed by atoms with van der Waals surface area (Å²) in [4.78, 5) is 34.7. The summed E-state index contributed by atoms with van der Waals surface area (Å²) >= 11 is 0. The molecule has 0 aliphatic rings. The minimum absolute atomic E-state index is 0.00846. The van der Waals surface area contributed by atoms with Crippen molar-refractivity contribution in [2.45, 2.75) is 45.7 Å². The van der Waals surface area contributed by atoms with Gasteiger partial charge < -0.3 is 15.7 Å². The van der Waals surface area contributed by atoms with Crippen LogP contribution in [0.2, 0.25) is 0 Å². The predicted molar refractivity (Wildman–Crippen MR) is 86.6 cm³/mol. The third kappa shape index (κ3) is 6.95. The number of benzene rings is 1. The summed E-state index contributed by atoms with van der Waals surface area (Å²) in [7, 11) is 0. The van der Waals surface area contributed by atoms with Gasteiger partial charge in [0.25, 0.3) is 0 Å². The number of hydrogen-bond donors (Lipinski definition) is 3. The molecule has 1 aromatic carbocycles. The van der Waals surface area contributed by atoms with Crippen LogP contribution >= 0.6 is 0 Å². The molecule has 2 atom stereocenters. The van der Waals surface area contributed by atoms with Gasteiger partial charge in [0.05, 0.1) is 12.5 Å². The highest BCUT2D eigenvalue weighted by Gasteiger charge is 2.23. The van der Waals surface area contributed by atoms with E-state index in [2.05, 4.69) is 10.6 Å². The molecule has 2 amide bonds. The minimum Gasteiger partial charge on any atom is -0.480 e. The number of carboxylic acid groups (broad SMARTS) is 1. The highest BCUT2D eigenvalue weighted by Crippen LogP contribution is 2.17. The van der Waals surface area contributed by atoms with Crippen molar-refractivity contribution in [3.05, 3.63) is 35.9 Å². The molecule has 0 aliphatic heterocycles. The molecule has 1 aromatic rings. The highest BCUT2D eigenvalue weighted by atomic mass is 16.4. The Morgan fingerprint density at radius 3 is 2.17 bits per heavy atom. The third-order valence-corrected chi connectivity index (χ3v) is 3.31.